The predicted octanol–water partition coefficient (Wildman–Crippen LogP) is 7.26. The molecule has 4 aromatic carbocycles. The molecule has 0 fully saturated rings. The molecule has 6 rings (SSSR count). The van der Waals surface area contributed by atoms with Crippen LogP contribution in [0.5, 0.6) is 0 Å². The number of benzene rings is 4. The Labute approximate surface area is 210 Å². The molecule has 0 saturated carbocycles. The van der Waals surface area contributed by atoms with Gasteiger partial charge in [0.2, 0.25) is 5.95 Å². The van der Waals surface area contributed by atoms with Gasteiger partial charge in [0.1, 0.15) is 5.69 Å². The first-order chi connectivity index (χ1) is 17.2. The molecule has 0 saturated heterocycles. The van der Waals surface area contributed by atoms with Crippen molar-refractivity contribution < 1.29 is 4.79 Å². The molecule has 0 aliphatic rings. The molecule has 6 heteroatoms. The number of halogens is 1. The van der Waals surface area contributed by atoms with E-state index in [1.165, 1.54) is 0 Å². The van der Waals surface area contributed by atoms with Gasteiger partial charge in [0, 0.05) is 22.0 Å². The van der Waals surface area contributed by atoms with Crippen molar-refractivity contribution in [2.24, 2.45) is 0 Å². The molecule has 35 heavy (non-hydrogen) atoms. The van der Waals surface area contributed by atoms with E-state index in [0.29, 0.717) is 5.69 Å². The summed E-state index contributed by atoms with van der Waals surface area (Å²) in [5.41, 5.74) is 4.80. The molecule has 2 heterocycles. The van der Waals surface area contributed by atoms with Crippen LogP contribution in [0.4, 0.5) is 5.95 Å². The number of anilines is 1. The quantitative estimate of drug-likeness (QED) is 0.267. The van der Waals surface area contributed by atoms with E-state index in [4.69, 9.17) is 4.98 Å². The summed E-state index contributed by atoms with van der Waals surface area (Å²) in [6.07, 6.45) is 0. The van der Waals surface area contributed by atoms with Gasteiger partial charge < -0.3 is 4.57 Å². The molecule has 0 aliphatic carbocycles. The topological polar surface area (TPSA) is 59.8 Å². The molecule has 2 aromatic heterocycles. The van der Waals surface area contributed by atoms with Gasteiger partial charge in [0.15, 0.2) is 0 Å². The highest BCUT2D eigenvalue weighted by Crippen LogP contribution is 2.34. The Kier molecular flexibility index (Phi) is 5.35. The number of nitrogens with one attached hydrogen (secondary N) is 1. The maximum atomic E-state index is 13.7. The summed E-state index contributed by atoms with van der Waals surface area (Å²) >= 11 is 3.68. The molecule has 0 aliphatic heterocycles. The van der Waals surface area contributed by atoms with Crippen LogP contribution in [0.25, 0.3) is 38.8 Å². The Bertz CT molecular complexity index is 1690. The van der Waals surface area contributed by atoms with Crippen molar-refractivity contribution in [2.75, 3.05) is 5.32 Å². The van der Waals surface area contributed by atoms with E-state index >= 15 is 0 Å². The first kappa shape index (κ1) is 21.3. The van der Waals surface area contributed by atoms with Gasteiger partial charge in [-0.2, -0.15) is 0 Å². The van der Waals surface area contributed by atoms with Crippen molar-refractivity contribution in [2.45, 2.75) is 0 Å². The summed E-state index contributed by atoms with van der Waals surface area (Å²) in [6.45, 7) is 0. The van der Waals surface area contributed by atoms with E-state index in [9.17, 15) is 4.79 Å². The Hall–Kier alpha value is -4.29. The molecule has 0 radical (unpaired) electrons. The zero-order chi connectivity index (χ0) is 23.8. The lowest BCUT2D eigenvalue weighted by Crippen LogP contribution is -2.18. The molecule has 1 N–H and O–H groups in total. The normalized spacial score (nSPS) is 11.1. The van der Waals surface area contributed by atoms with Gasteiger partial charge in [-0.3, -0.25) is 10.1 Å². The van der Waals surface area contributed by atoms with Crippen LogP contribution in [-0.4, -0.2) is 20.4 Å². The summed E-state index contributed by atoms with van der Waals surface area (Å²) in [5, 5.41) is 4.84. The Morgan fingerprint density at radius 1 is 0.714 bits per heavy atom. The zero-order valence-corrected chi connectivity index (χ0v) is 20.1. The van der Waals surface area contributed by atoms with Crippen molar-refractivity contribution >= 4 is 49.6 Å². The van der Waals surface area contributed by atoms with Gasteiger partial charge in [0.05, 0.1) is 21.2 Å². The number of rotatable bonds is 4. The van der Waals surface area contributed by atoms with E-state index in [1.54, 1.807) is 0 Å². The van der Waals surface area contributed by atoms with E-state index in [-0.39, 0.29) is 11.9 Å². The molecule has 0 unspecified atom stereocenters. The number of carbonyl (C=O) groups is 1. The van der Waals surface area contributed by atoms with Gasteiger partial charge in [-0.1, -0.05) is 84.9 Å². The van der Waals surface area contributed by atoms with Crippen molar-refractivity contribution in [3.8, 4) is 16.9 Å². The third kappa shape index (κ3) is 3.78. The molecular weight excluding hydrogens is 500 g/mol. The van der Waals surface area contributed by atoms with Gasteiger partial charge >= 0.3 is 0 Å². The summed E-state index contributed by atoms with van der Waals surface area (Å²) < 4.78 is 2.67. The second-order valence-corrected chi connectivity index (χ2v) is 8.88. The SMILES string of the molecule is O=C(Nc1nc(-c2ccccc2)c2ccccc2n1)c1c(Br)c2ccccc2n1-c1ccccc1. The number of hydrogen-bond acceptors (Lipinski definition) is 3. The number of hydrogen-bond donors (Lipinski definition) is 1. The Balaban J connectivity index is 1.49. The average Bonchev–Trinajstić information content (AvgIpc) is 3.22. The fraction of sp³-hybridized carbons (Fsp3) is 0. The van der Waals surface area contributed by atoms with E-state index in [2.05, 4.69) is 26.2 Å². The molecule has 6 aromatic rings. The average molecular weight is 519 g/mol. The minimum absolute atomic E-state index is 0.254. The number of fused-ring (bicyclic) bond motifs is 2. The van der Waals surface area contributed by atoms with E-state index in [0.717, 1.165) is 43.2 Å². The number of amides is 1. The maximum absolute atomic E-state index is 13.7. The van der Waals surface area contributed by atoms with Crippen LogP contribution in [0.2, 0.25) is 0 Å². The van der Waals surface area contributed by atoms with Crippen molar-refractivity contribution in [1.29, 1.82) is 0 Å². The summed E-state index contributed by atoms with van der Waals surface area (Å²) in [6, 6.07) is 35.5. The lowest BCUT2D eigenvalue weighted by molar-refractivity contribution is 0.101. The van der Waals surface area contributed by atoms with Crippen LogP contribution < -0.4 is 5.32 Å². The van der Waals surface area contributed by atoms with Crippen LogP contribution in [0.3, 0.4) is 0 Å². The molecule has 5 nitrogen and oxygen atoms in total. The second-order valence-electron chi connectivity index (χ2n) is 8.08. The second kappa shape index (κ2) is 8.81. The van der Waals surface area contributed by atoms with Crippen LogP contribution >= 0.6 is 15.9 Å². The number of aromatic nitrogens is 3. The molecular formula is C29H19BrN4O. The van der Waals surface area contributed by atoms with Crippen molar-refractivity contribution in [3.05, 3.63) is 119 Å². The van der Waals surface area contributed by atoms with Crippen LogP contribution in [0.1, 0.15) is 10.5 Å². The largest absolute Gasteiger partial charge is 0.304 e. The molecule has 0 spiro atoms. The van der Waals surface area contributed by atoms with Crippen LogP contribution in [0.15, 0.2) is 114 Å². The first-order valence-electron chi connectivity index (χ1n) is 11.2. The minimum atomic E-state index is -0.300. The number of carbonyl (C=O) groups excluding carboxylic acids is 1. The van der Waals surface area contributed by atoms with E-state index < -0.39 is 0 Å². The van der Waals surface area contributed by atoms with Gasteiger partial charge in [-0.15, -0.1) is 0 Å². The Morgan fingerprint density at radius 2 is 1.34 bits per heavy atom. The highest BCUT2D eigenvalue weighted by Gasteiger charge is 2.23. The summed E-state index contributed by atoms with van der Waals surface area (Å²) in [5.74, 6) is -0.0458. The first-order valence-corrected chi connectivity index (χ1v) is 12.0. The molecule has 1 amide bonds. The number of para-hydroxylation sites is 3. The third-order valence-corrected chi connectivity index (χ3v) is 6.72. The van der Waals surface area contributed by atoms with Gasteiger partial charge in [-0.25, -0.2) is 9.97 Å². The van der Waals surface area contributed by atoms with E-state index in [1.807, 2.05) is 114 Å². The smallest absolute Gasteiger partial charge is 0.276 e. The van der Waals surface area contributed by atoms with Crippen LogP contribution in [-0.2, 0) is 0 Å². The van der Waals surface area contributed by atoms with Crippen LogP contribution in [0, 0.1) is 0 Å². The lowest BCUT2D eigenvalue weighted by Gasteiger charge is -2.13. The van der Waals surface area contributed by atoms with Crippen molar-refractivity contribution in [1.82, 2.24) is 14.5 Å². The minimum Gasteiger partial charge on any atom is -0.304 e. The molecule has 0 atom stereocenters. The third-order valence-electron chi connectivity index (χ3n) is 5.92. The summed E-state index contributed by atoms with van der Waals surface area (Å²) in [4.78, 5) is 23.1. The van der Waals surface area contributed by atoms with Gasteiger partial charge in [-0.05, 0) is 40.2 Å². The van der Waals surface area contributed by atoms with Crippen molar-refractivity contribution in [3.63, 3.8) is 0 Å². The fourth-order valence-corrected chi connectivity index (χ4v) is 5.05. The predicted molar refractivity (Wildman–Crippen MR) is 144 cm³/mol. The highest BCUT2D eigenvalue weighted by molar-refractivity contribution is 9.10. The lowest BCUT2D eigenvalue weighted by atomic mass is 10.1. The zero-order valence-electron chi connectivity index (χ0n) is 18.5. The molecule has 0 bridgehead atoms. The fourth-order valence-electron chi connectivity index (χ4n) is 4.36. The highest BCUT2D eigenvalue weighted by atomic mass is 79.9. The molecule has 168 valence electrons. The monoisotopic (exact) mass is 518 g/mol. The standard InChI is InChI=1S/C29H19BrN4O/c30-25-22-16-8-10-18-24(22)34(20-13-5-2-6-14-20)27(25)28(35)33-29-31-23-17-9-7-15-21(23)26(32-29)19-11-3-1-4-12-19/h1-18H,(H,31,32,33,35). The summed E-state index contributed by atoms with van der Waals surface area (Å²) in [7, 11) is 0. The number of nitrogens with zero attached hydrogens (tertiary/aromatic N) is 3. The Morgan fingerprint density at radius 3 is 2.11 bits per heavy atom. The maximum Gasteiger partial charge on any atom is 0.276 e. The van der Waals surface area contributed by atoms with Gasteiger partial charge in [0.25, 0.3) is 5.91 Å².